The van der Waals surface area contributed by atoms with E-state index in [1.807, 2.05) is 11.9 Å². The third-order valence-electron chi connectivity index (χ3n) is 8.38. The van der Waals surface area contributed by atoms with E-state index in [2.05, 4.69) is 50.4 Å². The number of aromatic nitrogens is 1. The van der Waals surface area contributed by atoms with Gasteiger partial charge in [0.25, 0.3) is 11.8 Å². The number of anilines is 1. The fraction of sp³-hybridized carbons (Fsp3) is 0.379. The normalized spacial score (nSPS) is 26.0. The van der Waals surface area contributed by atoms with Gasteiger partial charge in [-0.1, -0.05) is 29.4 Å². The molecule has 6 rings (SSSR count). The summed E-state index contributed by atoms with van der Waals surface area (Å²) in [5.41, 5.74) is 8.28. The van der Waals surface area contributed by atoms with Crippen molar-refractivity contribution in [1.82, 2.24) is 30.7 Å². The van der Waals surface area contributed by atoms with E-state index in [9.17, 15) is 29.5 Å². The molecule has 0 saturated carbocycles. The first-order chi connectivity index (χ1) is 21.7. The molecule has 3 saturated heterocycles. The van der Waals surface area contributed by atoms with E-state index in [4.69, 9.17) is 5.73 Å². The maximum absolute atomic E-state index is 13.5. The average molecular weight is 653 g/mol. The number of carbonyl (C=O) groups is 4. The number of nitrogen functional groups attached to an aromatic ring is 1. The van der Waals surface area contributed by atoms with E-state index >= 15 is 0 Å². The van der Waals surface area contributed by atoms with Crippen LogP contribution in [0.25, 0.3) is 0 Å². The average Bonchev–Trinajstić information content (AvgIpc) is 3.77. The van der Waals surface area contributed by atoms with Crippen molar-refractivity contribution in [3.63, 3.8) is 0 Å². The monoisotopic (exact) mass is 652 g/mol. The van der Waals surface area contributed by atoms with Gasteiger partial charge in [0.15, 0.2) is 10.8 Å². The van der Waals surface area contributed by atoms with Crippen molar-refractivity contribution >= 4 is 57.6 Å². The third kappa shape index (κ3) is 5.81. The van der Waals surface area contributed by atoms with Crippen molar-refractivity contribution in [1.29, 1.82) is 0 Å². The van der Waals surface area contributed by atoms with Gasteiger partial charge in [-0.25, -0.2) is 9.78 Å². The van der Waals surface area contributed by atoms with Gasteiger partial charge in [0, 0.05) is 48.4 Å². The molecule has 16 heteroatoms. The number of carboxylic acid groups (broad SMARTS) is 1. The van der Waals surface area contributed by atoms with Gasteiger partial charge in [0.2, 0.25) is 5.91 Å². The zero-order valence-electron chi connectivity index (χ0n) is 24.2. The van der Waals surface area contributed by atoms with Crippen LogP contribution in [0.4, 0.5) is 5.13 Å². The van der Waals surface area contributed by atoms with E-state index < -0.39 is 34.9 Å². The molecule has 1 aromatic heterocycles. The highest BCUT2D eigenvalue weighted by Gasteiger charge is 2.54. The lowest BCUT2D eigenvalue weighted by Crippen LogP contribution is -2.71. The summed E-state index contributed by atoms with van der Waals surface area (Å²) in [5.74, 6) is -2.67. The molecule has 236 valence electrons. The summed E-state index contributed by atoms with van der Waals surface area (Å²) in [5, 5.41) is 32.6. The molecular weight excluding hydrogens is 621 g/mol. The number of nitrogens with one attached hydrogen (secondary N) is 3. The Bertz CT molecular complexity index is 1640. The Morgan fingerprint density at radius 3 is 2.71 bits per heavy atom. The molecule has 4 aliphatic rings. The smallest absolute Gasteiger partial charge is 0.352 e. The number of hydrogen-bond donors (Lipinski definition) is 6. The number of hydrogen-bond acceptors (Lipinski definition) is 12. The van der Waals surface area contributed by atoms with Gasteiger partial charge in [0.05, 0.1) is 0 Å². The fourth-order valence-electron chi connectivity index (χ4n) is 6.18. The first-order valence-electron chi connectivity index (χ1n) is 14.3. The van der Waals surface area contributed by atoms with Gasteiger partial charge < -0.3 is 36.9 Å². The Morgan fingerprint density at radius 2 is 2.04 bits per heavy atom. The maximum Gasteiger partial charge on any atom is 0.352 e. The number of carbonyl (C=O) groups excluding carboxylic acids is 3. The molecule has 45 heavy (non-hydrogen) atoms. The summed E-state index contributed by atoms with van der Waals surface area (Å²) in [6.45, 7) is 1.99. The highest BCUT2D eigenvalue weighted by atomic mass is 32.2. The number of oxime groups is 1. The van der Waals surface area contributed by atoms with Crippen LogP contribution in [0.15, 0.2) is 57.7 Å². The van der Waals surface area contributed by atoms with Gasteiger partial charge in [-0.2, -0.15) is 0 Å². The number of thiazole rings is 1. The number of carboxylic acids is 1. The number of likely N-dealkylation sites (tertiary alicyclic amines) is 1. The lowest BCUT2D eigenvalue weighted by atomic mass is 10.0. The van der Waals surface area contributed by atoms with E-state index in [1.165, 1.54) is 28.3 Å². The molecule has 5 heterocycles. The van der Waals surface area contributed by atoms with Crippen molar-refractivity contribution in [2.75, 3.05) is 31.6 Å². The molecule has 0 bridgehead atoms. The fourth-order valence-corrected chi connectivity index (χ4v) is 8.03. The number of β-lactam (4-membered cyclic amide) rings is 1. The van der Waals surface area contributed by atoms with Crippen LogP contribution in [0, 0.1) is 0 Å². The molecule has 7 N–H and O–H groups in total. The van der Waals surface area contributed by atoms with Gasteiger partial charge in [-0.05, 0) is 42.7 Å². The van der Waals surface area contributed by atoms with Crippen molar-refractivity contribution in [2.24, 2.45) is 5.16 Å². The highest BCUT2D eigenvalue weighted by molar-refractivity contribution is 8.00. The Kier molecular flexibility index (Phi) is 8.63. The second-order valence-corrected chi connectivity index (χ2v) is 13.1. The Balaban J connectivity index is 1.13. The van der Waals surface area contributed by atoms with Crippen LogP contribution in [0.1, 0.15) is 35.7 Å². The number of thioether (sulfide) groups is 1. The largest absolute Gasteiger partial charge is 0.477 e. The summed E-state index contributed by atoms with van der Waals surface area (Å²) in [6, 6.07) is 7.53. The van der Waals surface area contributed by atoms with Crippen molar-refractivity contribution in [2.45, 2.75) is 42.9 Å². The number of aliphatic carboxylic acids is 1. The van der Waals surface area contributed by atoms with Crippen LogP contribution in [0.5, 0.6) is 0 Å². The number of fused-ring (bicyclic) bond motifs is 1. The second-order valence-electron chi connectivity index (χ2n) is 11.1. The lowest BCUT2D eigenvalue weighted by molar-refractivity contribution is -0.150. The first kappa shape index (κ1) is 30.8. The summed E-state index contributed by atoms with van der Waals surface area (Å²) < 4.78 is 0. The molecule has 4 atom stereocenters. The van der Waals surface area contributed by atoms with E-state index in [0.717, 1.165) is 29.2 Å². The van der Waals surface area contributed by atoms with Crippen molar-refractivity contribution < 1.29 is 29.5 Å². The molecule has 3 amide bonds. The minimum Gasteiger partial charge on any atom is -0.477 e. The highest BCUT2D eigenvalue weighted by Crippen LogP contribution is 2.41. The molecule has 0 spiro atoms. The standard InChI is InChI=1S/C29H32N8O6S2/c1-31-10-14-2-4-15(5-3-14)19-9-18(11-32-19)36-7-6-16(25(36)39)8-17-12-44-27-22(26(40)37(27)23(17)28(41)42)34-24(38)21(35-43)20-13-45-29(30)33-20/h2-5,8,13,18-19,22,27,31-32,43H,6-7,9-12H2,1H3,(H2,30,33)(H,34,38)(H,41,42)/b16-8+,35-21-/t18-,19+,22+,27+/m0/s1. The van der Waals surface area contributed by atoms with Crippen LogP contribution < -0.4 is 21.7 Å². The molecule has 0 aliphatic carbocycles. The molecule has 2 aromatic rings. The SMILES string of the molecule is CNCc1ccc([C@H]2C[C@H](N3CC/C(=C\C4=C(C(=O)O)N5C(=O)[C@@H](NC(=O)/C(=N\O)c6csc(N)n6)[C@H]5SC4)C3=O)CN2)cc1. The number of benzene rings is 1. The summed E-state index contributed by atoms with van der Waals surface area (Å²) in [4.78, 5) is 58.7. The van der Waals surface area contributed by atoms with E-state index in [1.54, 1.807) is 6.08 Å². The molecule has 3 fully saturated rings. The number of amides is 3. The Hall–Kier alpha value is -4.25. The van der Waals surface area contributed by atoms with Gasteiger partial charge in [-0.3, -0.25) is 19.3 Å². The summed E-state index contributed by atoms with van der Waals surface area (Å²) >= 11 is 2.33. The Labute approximate surface area is 266 Å². The number of nitrogens with two attached hydrogens (primary N) is 1. The number of rotatable bonds is 9. The van der Waals surface area contributed by atoms with E-state index in [0.29, 0.717) is 30.7 Å². The number of nitrogens with zero attached hydrogens (tertiary/aromatic N) is 4. The molecule has 4 aliphatic heterocycles. The van der Waals surface area contributed by atoms with Crippen LogP contribution in [0.2, 0.25) is 0 Å². The van der Waals surface area contributed by atoms with E-state index in [-0.39, 0.29) is 40.3 Å². The molecule has 14 nitrogen and oxygen atoms in total. The predicted octanol–water partition coefficient (Wildman–Crippen LogP) is 0.624. The third-order valence-corrected chi connectivity index (χ3v) is 10.4. The van der Waals surface area contributed by atoms with Crippen LogP contribution in [0.3, 0.4) is 0 Å². The molecule has 0 unspecified atom stereocenters. The van der Waals surface area contributed by atoms with Crippen LogP contribution >= 0.6 is 23.1 Å². The van der Waals surface area contributed by atoms with Crippen molar-refractivity contribution in [3.8, 4) is 0 Å². The summed E-state index contributed by atoms with van der Waals surface area (Å²) in [6.07, 6.45) is 2.86. The minimum atomic E-state index is -1.30. The van der Waals surface area contributed by atoms with Gasteiger partial charge in [-0.15, -0.1) is 23.1 Å². The van der Waals surface area contributed by atoms with Crippen LogP contribution in [-0.2, 0) is 25.7 Å². The zero-order valence-corrected chi connectivity index (χ0v) is 25.9. The Morgan fingerprint density at radius 1 is 1.27 bits per heavy atom. The predicted molar refractivity (Wildman–Crippen MR) is 167 cm³/mol. The first-order valence-corrected chi connectivity index (χ1v) is 16.3. The van der Waals surface area contributed by atoms with Crippen LogP contribution in [-0.4, -0.2) is 97.8 Å². The van der Waals surface area contributed by atoms with Gasteiger partial charge in [0.1, 0.15) is 22.8 Å². The van der Waals surface area contributed by atoms with Gasteiger partial charge >= 0.3 is 5.97 Å². The minimum absolute atomic E-state index is 0.0119. The quantitative estimate of drug-likeness (QED) is 0.0729. The molecule has 0 radical (unpaired) electrons. The lowest BCUT2D eigenvalue weighted by Gasteiger charge is -2.49. The second kappa shape index (κ2) is 12.6. The number of allylic oxidation sites excluding steroid dienone is 1. The van der Waals surface area contributed by atoms with Crippen molar-refractivity contribution in [3.05, 3.63) is 69.4 Å². The molecule has 1 aromatic carbocycles. The summed E-state index contributed by atoms with van der Waals surface area (Å²) in [7, 11) is 1.91. The zero-order chi connectivity index (χ0) is 31.8. The topological polar surface area (TPSA) is 203 Å². The maximum atomic E-state index is 13.5. The molecular formula is C29H32N8O6S2.